The van der Waals surface area contributed by atoms with Crippen LogP contribution in [0.5, 0.6) is 0 Å². The molecule has 5 heteroatoms. The summed E-state index contributed by atoms with van der Waals surface area (Å²) in [4.78, 5) is 0. The van der Waals surface area contributed by atoms with Crippen molar-refractivity contribution in [2.24, 2.45) is 0 Å². The van der Waals surface area contributed by atoms with E-state index in [4.69, 9.17) is 11.6 Å². The van der Waals surface area contributed by atoms with Gasteiger partial charge in [0, 0.05) is 23.3 Å². The van der Waals surface area contributed by atoms with Crippen LogP contribution < -0.4 is 5.32 Å². The second-order valence-electron chi connectivity index (χ2n) is 3.81. The quantitative estimate of drug-likeness (QED) is 0.907. The number of nitrogens with one attached hydrogen (secondary N) is 1. The maximum atomic E-state index is 12.9. The molecule has 1 N–H and O–H groups in total. The lowest BCUT2D eigenvalue weighted by Crippen LogP contribution is -2.04. The number of rotatable bonds is 4. The van der Waals surface area contributed by atoms with Gasteiger partial charge in [0.05, 0.1) is 12.7 Å². The summed E-state index contributed by atoms with van der Waals surface area (Å²) in [6, 6.07) is 4.39. The van der Waals surface area contributed by atoms with E-state index >= 15 is 0 Å². The van der Waals surface area contributed by atoms with E-state index in [2.05, 4.69) is 10.4 Å². The van der Waals surface area contributed by atoms with E-state index in [-0.39, 0.29) is 5.82 Å². The molecule has 0 aliphatic carbocycles. The van der Waals surface area contributed by atoms with Gasteiger partial charge >= 0.3 is 0 Å². The zero-order chi connectivity index (χ0) is 12.3. The Labute approximate surface area is 104 Å². The van der Waals surface area contributed by atoms with E-state index in [1.54, 1.807) is 16.9 Å². The van der Waals surface area contributed by atoms with Crippen LogP contribution in [-0.4, -0.2) is 16.8 Å². The molecule has 0 spiro atoms. The average molecular weight is 254 g/mol. The Kier molecular flexibility index (Phi) is 3.76. The Morgan fingerprint density at radius 1 is 1.47 bits per heavy atom. The highest BCUT2D eigenvalue weighted by atomic mass is 35.5. The zero-order valence-corrected chi connectivity index (χ0v) is 10.2. The van der Waals surface area contributed by atoms with Crippen LogP contribution in [0.4, 0.5) is 4.39 Å². The van der Waals surface area contributed by atoms with E-state index in [0.29, 0.717) is 11.6 Å². The fourth-order valence-electron chi connectivity index (χ4n) is 1.61. The first-order chi connectivity index (χ1) is 8.19. The highest BCUT2D eigenvalue weighted by Gasteiger charge is 2.04. The van der Waals surface area contributed by atoms with Crippen molar-refractivity contribution in [2.45, 2.75) is 13.1 Å². The summed E-state index contributed by atoms with van der Waals surface area (Å²) in [5, 5.41) is 7.70. The largest absolute Gasteiger partial charge is 0.316 e. The van der Waals surface area contributed by atoms with Crippen molar-refractivity contribution < 1.29 is 4.39 Å². The van der Waals surface area contributed by atoms with E-state index in [1.165, 1.54) is 12.1 Å². The second-order valence-corrected chi connectivity index (χ2v) is 4.22. The lowest BCUT2D eigenvalue weighted by atomic mass is 10.2. The number of hydrogen-bond donors (Lipinski definition) is 1. The summed E-state index contributed by atoms with van der Waals surface area (Å²) < 4.78 is 14.7. The van der Waals surface area contributed by atoms with Crippen LogP contribution in [0.25, 0.3) is 0 Å². The molecule has 17 heavy (non-hydrogen) atoms. The van der Waals surface area contributed by atoms with Crippen LogP contribution in [0, 0.1) is 5.82 Å². The normalized spacial score (nSPS) is 10.8. The van der Waals surface area contributed by atoms with Gasteiger partial charge < -0.3 is 5.32 Å². The molecule has 0 amide bonds. The summed E-state index contributed by atoms with van der Waals surface area (Å²) >= 11 is 5.95. The molecule has 1 aromatic carbocycles. The van der Waals surface area contributed by atoms with Crippen LogP contribution in [0.3, 0.4) is 0 Å². The van der Waals surface area contributed by atoms with Crippen molar-refractivity contribution in [2.75, 3.05) is 7.05 Å². The lowest BCUT2D eigenvalue weighted by molar-refractivity contribution is 0.624. The van der Waals surface area contributed by atoms with E-state index in [0.717, 1.165) is 17.7 Å². The molecule has 0 aliphatic heterocycles. The monoisotopic (exact) mass is 253 g/mol. The van der Waals surface area contributed by atoms with Gasteiger partial charge in [0.15, 0.2) is 0 Å². The molecular formula is C12H13ClFN3. The van der Waals surface area contributed by atoms with E-state index in [9.17, 15) is 4.39 Å². The molecular weight excluding hydrogens is 241 g/mol. The first-order valence-corrected chi connectivity index (χ1v) is 5.66. The van der Waals surface area contributed by atoms with Gasteiger partial charge in [-0.1, -0.05) is 17.7 Å². The minimum atomic E-state index is -0.324. The first-order valence-electron chi connectivity index (χ1n) is 5.29. The van der Waals surface area contributed by atoms with Crippen molar-refractivity contribution >= 4 is 11.6 Å². The molecule has 0 unspecified atom stereocenters. The number of nitrogens with zero attached hydrogens (tertiary/aromatic N) is 2. The smallest absolute Gasteiger partial charge is 0.124 e. The number of aromatic nitrogens is 2. The Hall–Kier alpha value is -1.39. The van der Waals surface area contributed by atoms with Gasteiger partial charge in [-0.05, 0) is 24.7 Å². The molecule has 1 heterocycles. The third kappa shape index (κ3) is 3.05. The highest BCUT2D eigenvalue weighted by Crippen LogP contribution is 2.18. The maximum absolute atomic E-state index is 12.9. The molecule has 0 atom stereocenters. The molecule has 2 aromatic rings. The van der Waals surface area contributed by atoms with Crippen molar-refractivity contribution in [1.29, 1.82) is 0 Å². The van der Waals surface area contributed by atoms with Gasteiger partial charge in [0.2, 0.25) is 0 Å². The molecule has 0 saturated carbocycles. The summed E-state index contributed by atoms with van der Waals surface area (Å²) in [6.45, 7) is 1.32. The van der Waals surface area contributed by atoms with Crippen LogP contribution in [-0.2, 0) is 13.1 Å². The molecule has 0 bridgehead atoms. The maximum Gasteiger partial charge on any atom is 0.124 e. The van der Waals surface area contributed by atoms with Gasteiger partial charge in [0.1, 0.15) is 5.82 Å². The van der Waals surface area contributed by atoms with Crippen molar-refractivity contribution in [3.8, 4) is 0 Å². The van der Waals surface area contributed by atoms with Crippen molar-refractivity contribution in [3.63, 3.8) is 0 Å². The fourth-order valence-corrected chi connectivity index (χ4v) is 1.84. The topological polar surface area (TPSA) is 29.9 Å². The Morgan fingerprint density at radius 3 is 3.00 bits per heavy atom. The van der Waals surface area contributed by atoms with Crippen LogP contribution in [0.2, 0.25) is 5.02 Å². The van der Waals surface area contributed by atoms with Gasteiger partial charge in [-0.15, -0.1) is 0 Å². The predicted molar refractivity (Wildman–Crippen MR) is 65.5 cm³/mol. The number of halogens is 2. The number of benzene rings is 1. The molecule has 90 valence electrons. The predicted octanol–water partition coefficient (Wildman–Crippen LogP) is 2.44. The van der Waals surface area contributed by atoms with Gasteiger partial charge in [-0.2, -0.15) is 5.10 Å². The summed E-state index contributed by atoms with van der Waals surface area (Å²) in [5.74, 6) is -0.324. The van der Waals surface area contributed by atoms with Crippen molar-refractivity contribution in [3.05, 3.63) is 52.6 Å². The molecule has 3 nitrogen and oxygen atoms in total. The summed E-state index contributed by atoms with van der Waals surface area (Å²) in [5.41, 5.74) is 1.96. The lowest BCUT2D eigenvalue weighted by Gasteiger charge is -2.04. The summed E-state index contributed by atoms with van der Waals surface area (Å²) in [7, 11) is 1.88. The SMILES string of the molecule is CNCc1cnn(Cc2ccc(F)cc2Cl)c1. The molecule has 0 radical (unpaired) electrons. The minimum Gasteiger partial charge on any atom is -0.316 e. The molecule has 0 saturated heterocycles. The van der Waals surface area contributed by atoms with Crippen LogP contribution in [0.15, 0.2) is 30.6 Å². The minimum absolute atomic E-state index is 0.324. The Bertz CT molecular complexity index is 510. The van der Waals surface area contributed by atoms with Crippen molar-refractivity contribution in [1.82, 2.24) is 15.1 Å². The average Bonchev–Trinajstić information content (AvgIpc) is 2.71. The van der Waals surface area contributed by atoms with Gasteiger partial charge in [-0.3, -0.25) is 4.68 Å². The Morgan fingerprint density at radius 2 is 2.29 bits per heavy atom. The fraction of sp³-hybridized carbons (Fsp3) is 0.250. The number of hydrogen-bond acceptors (Lipinski definition) is 2. The van der Waals surface area contributed by atoms with E-state index in [1.807, 2.05) is 13.2 Å². The Balaban J connectivity index is 2.13. The molecule has 1 aromatic heterocycles. The zero-order valence-electron chi connectivity index (χ0n) is 9.45. The standard InChI is InChI=1S/C12H13ClFN3/c1-15-5-9-6-16-17(7-9)8-10-2-3-11(14)4-12(10)13/h2-4,6-7,15H,5,8H2,1H3. The third-order valence-corrected chi connectivity index (χ3v) is 2.77. The summed E-state index contributed by atoms with van der Waals surface area (Å²) in [6.07, 6.45) is 3.74. The van der Waals surface area contributed by atoms with E-state index < -0.39 is 0 Å². The van der Waals surface area contributed by atoms with Crippen LogP contribution >= 0.6 is 11.6 Å². The highest BCUT2D eigenvalue weighted by molar-refractivity contribution is 6.31. The first kappa shape index (κ1) is 12.1. The molecule has 0 fully saturated rings. The second kappa shape index (κ2) is 5.29. The molecule has 0 aliphatic rings. The van der Waals surface area contributed by atoms with Crippen LogP contribution in [0.1, 0.15) is 11.1 Å². The van der Waals surface area contributed by atoms with Gasteiger partial charge in [0.25, 0.3) is 0 Å². The molecule has 2 rings (SSSR count). The van der Waals surface area contributed by atoms with Gasteiger partial charge in [-0.25, -0.2) is 4.39 Å². The third-order valence-electron chi connectivity index (χ3n) is 2.42.